The first-order chi connectivity index (χ1) is 13.2. The van der Waals surface area contributed by atoms with E-state index in [0.717, 1.165) is 31.5 Å². The Morgan fingerprint density at radius 1 is 1.04 bits per heavy atom. The summed E-state index contributed by atoms with van der Waals surface area (Å²) in [4.78, 5) is 26.0. The summed E-state index contributed by atoms with van der Waals surface area (Å²) in [7, 11) is 0. The number of benzene rings is 2. The van der Waals surface area contributed by atoms with Gasteiger partial charge in [0.15, 0.2) is 12.4 Å². The van der Waals surface area contributed by atoms with Gasteiger partial charge in [-0.1, -0.05) is 18.2 Å². The van der Waals surface area contributed by atoms with Gasteiger partial charge >= 0.3 is 0 Å². The third kappa shape index (κ3) is 5.05. The lowest BCUT2D eigenvalue weighted by molar-refractivity contribution is -0.132. The van der Waals surface area contributed by atoms with Crippen LogP contribution in [0.1, 0.15) is 34.3 Å². The van der Waals surface area contributed by atoms with Gasteiger partial charge in [0.2, 0.25) is 0 Å². The minimum absolute atomic E-state index is 0.00185. The van der Waals surface area contributed by atoms with Crippen molar-refractivity contribution in [1.82, 2.24) is 4.90 Å². The summed E-state index contributed by atoms with van der Waals surface area (Å²) in [6, 6.07) is 15.8. The van der Waals surface area contributed by atoms with E-state index in [0.29, 0.717) is 16.9 Å². The smallest absolute Gasteiger partial charge is 0.260 e. The highest BCUT2D eigenvalue weighted by molar-refractivity contribution is 6.06. The van der Waals surface area contributed by atoms with E-state index in [1.807, 2.05) is 4.90 Å². The van der Waals surface area contributed by atoms with Crippen LogP contribution in [0.2, 0.25) is 0 Å². The number of nitriles is 1. The van der Waals surface area contributed by atoms with Crippen molar-refractivity contribution in [2.24, 2.45) is 0 Å². The second-order valence-electron chi connectivity index (χ2n) is 6.33. The predicted molar refractivity (Wildman–Crippen MR) is 102 cm³/mol. The van der Waals surface area contributed by atoms with Crippen molar-refractivity contribution in [3.05, 3.63) is 71.3 Å². The summed E-state index contributed by atoms with van der Waals surface area (Å²) < 4.78 is 5.52. The standard InChI is InChI=1S/C22H20N2O3/c23-15-18-5-3-17(4-6-18)7-12-21(25)19-8-10-20(11-9-19)27-16-22(26)24-13-1-2-14-24/h3-12H,1-2,13-14,16H2. The number of likely N-dealkylation sites (tertiary alicyclic amines) is 1. The molecular weight excluding hydrogens is 340 g/mol. The van der Waals surface area contributed by atoms with Crippen LogP contribution in [-0.2, 0) is 4.79 Å². The van der Waals surface area contributed by atoms with Gasteiger partial charge in [-0.05, 0) is 60.9 Å². The number of carbonyl (C=O) groups excluding carboxylic acids is 2. The number of ketones is 1. The Bertz CT molecular complexity index is 871. The van der Waals surface area contributed by atoms with Gasteiger partial charge in [0.05, 0.1) is 11.6 Å². The van der Waals surface area contributed by atoms with Crippen molar-refractivity contribution < 1.29 is 14.3 Å². The molecule has 0 unspecified atom stereocenters. The highest BCUT2D eigenvalue weighted by Gasteiger charge is 2.18. The lowest BCUT2D eigenvalue weighted by atomic mass is 10.1. The fourth-order valence-corrected chi connectivity index (χ4v) is 2.86. The molecule has 1 amide bonds. The van der Waals surface area contributed by atoms with Crippen LogP contribution in [-0.4, -0.2) is 36.3 Å². The van der Waals surface area contributed by atoms with E-state index >= 15 is 0 Å². The van der Waals surface area contributed by atoms with Crippen LogP contribution in [0.15, 0.2) is 54.6 Å². The van der Waals surface area contributed by atoms with E-state index in [1.54, 1.807) is 54.6 Å². The van der Waals surface area contributed by atoms with Gasteiger partial charge in [0.1, 0.15) is 5.75 Å². The summed E-state index contributed by atoms with van der Waals surface area (Å²) in [6.45, 7) is 1.63. The van der Waals surface area contributed by atoms with E-state index < -0.39 is 0 Å². The van der Waals surface area contributed by atoms with Crippen LogP contribution >= 0.6 is 0 Å². The molecule has 1 aliphatic rings. The zero-order valence-electron chi connectivity index (χ0n) is 14.9. The fourth-order valence-electron chi connectivity index (χ4n) is 2.86. The van der Waals surface area contributed by atoms with Gasteiger partial charge in [-0.25, -0.2) is 0 Å². The highest BCUT2D eigenvalue weighted by Crippen LogP contribution is 2.15. The van der Waals surface area contributed by atoms with E-state index in [4.69, 9.17) is 10.00 Å². The number of carbonyl (C=O) groups is 2. The van der Waals surface area contributed by atoms with E-state index in [1.165, 1.54) is 6.08 Å². The number of ether oxygens (including phenoxy) is 1. The number of hydrogen-bond acceptors (Lipinski definition) is 4. The molecule has 2 aromatic carbocycles. The predicted octanol–water partition coefficient (Wildman–Crippen LogP) is 3.46. The minimum Gasteiger partial charge on any atom is -0.484 e. The topological polar surface area (TPSA) is 70.4 Å². The maximum Gasteiger partial charge on any atom is 0.260 e. The van der Waals surface area contributed by atoms with Crippen molar-refractivity contribution in [2.45, 2.75) is 12.8 Å². The first-order valence-corrected chi connectivity index (χ1v) is 8.89. The van der Waals surface area contributed by atoms with Gasteiger partial charge < -0.3 is 9.64 Å². The number of nitrogens with zero attached hydrogens (tertiary/aromatic N) is 2. The highest BCUT2D eigenvalue weighted by atomic mass is 16.5. The Balaban J connectivity index is 1.54. The van der Waals surface area contributed by atoms with Crippen LogP contribution in [0.5, 0.6) is 5.75 Å². The monoisotopic (exact) mass is 360 g/mol. The molecule has 0 bridgehead atoms. The molecule has 1 saturated heterocycles. The molecule has 5 nitrogen and oxygen atoms in total. The number of rotatable bonds is 6. The number of hydrogen-bond donors (Lipinski definition) is 0. The Morgan fingerprint density at radius 3 is 2.33 bits per heavy atom. The molecule has 0 atom stereocenters. The molecule has 0 N–H and O–H groups in total. The average molecular weight is 360 g/mol. The van der Waals surface area contributed by atoms with Crippen LogP contribution in [0.4, 0.5) is 0 Å². The van der Waals surface area contributed by atoms with Gasteiger partial charge in [-0.3, -0.25) is 9.59 Å². The molecule has 0 radical (unpaired) electrons. The SMILES string of the molecule is N#Cc1ccc(C=CC(=O)c2ccc(OCC(=O)N3CCCC3)cc2)cc1. The molecule has 1 aliphatic heterocycles. The zero-order chi connectivity index (χ0) is 19.1. The molecule has 0 saturated carbocycles. The van der Waals surface area contributed by atoms with Gasteiger partial charge in [-0.2, -0.15) is 5.26 Å². The Morgan fingerprint density at radius 2 is 1.70 bits per heavy atom. The average Bonchev–Trinajstić information content (AvgIpc) is 3.26. The fraction of sp³-hybridized carbons (Fsp3) is 0.227. The van der Waals surface area contributed by atoms with Gasteiger partial charge in [0, 0.05) is 18.7 Å². The molecule has 0 aromatic heterocycles. The maximum absolute atomic E-state index is 12.3. The van der Waals surface area contributed by atoms with Crippen LogP contribution < -0.4 is 4.74 Å². The minimum atomic E-state index is -0.126. The first-order valence-electron chi connectivity index (χ1n) is 8.89. The molecule has 136 valence electrons. The van der Waals surface area contributed by atoms with Gasteiger partial charge in [0.25, 0.3) is 5.91 Å². The third-order valence-corrected chi connectivity index (χ3v) is 4.43. The van der Waals surface area contributed by atoms with E-state index in [2.05, 4.69) is 6.07 Å². The molecule has 3 rings (SSSR count). The Hall–Kier alpha value is -3.39. The van der Waals surface area contributed by atoms with Crippen molar-refractivity contribution in [3.63, 3.8) is 0 Å². The Kier molecular flexibility index (Phi) is 6.01. The van der Waals surface area contributed by atoms with E-state index in [9.17, 15) is 9.59 Å². The number of allylic oxidation sites excluding steroid dienone is 1. The summed E-state index contributed by atoms with van der Waals surface area (Å²) in [6.07, 6.45) is 5.31. The first kappa shape index (κ1) is 18.4. The third-order valence-electron chi connectivity index (χ3n) is 4.43. The van der Waals surface area contributed by atoms with Gasteiger partial charge in [-0.15, -0.1) is 0 Å². The molecule has 1 fully saturated rings. The quantitative estimate of drug-likeness (QED) is 0.584. The molecule has 2 aromatic rings. The second-order valence-corrected chi connectivity index (χ2v) is 6.33. The van der Waals surface area contributed by atoms with Crippen LogP contribution in [0.25, 0.3) is 6.08 Å². The Labute approximate surface area is 158 Å². The molecule has 0 aliphatic carbocycles. The second kappa shape index (κ2) is 8.81. The van der Waals surface area contributed by atoms with Crippen LogP contribution in [0, 0.1) is 11.3 Å². The summed E-state index contributed by atoms with van der Waals surface area (Å²) in [5.41, 5.74) is 1.97. The summed E-state index contributed by atoms with van der Waals surface area (Å²) >= 11 is 0. The normalized spacial score (nSPS) is 13.5. The van der Waals surface area contributed by atoms with Crippen molar-refractivity contribution in [1.29, 1.82) is 5.26 Å². The maximum atomic E-state index is 12.3. The zero-order valence-corrected chi connectivity index (χ0v) is 14.9. The summed E-state index contributed by atoms with van der Waals surface area (Å²) in [5.74, 6) is 0.437. The van der Waals surface area contributed by atoms with Crippen molar-refractivity contribution in [2.75, 3.05) is 19.7 Å². The lowest BCUT2D eigenvalue weighted by Crippen LogP contribution is -2.32. The largest absolute Gasteiger partial charge is 0.484 e. The van der Waals surface area contributed by atoms with Crippen molar-refractivity contribution in [3.8, 4) is 11.8 Å². The van der Waals surface area contributed by atoms with E-state index in [-0.39, 0.29) is 18.3 Å². The van der Waals surface area contributed by atoms with Crippen LogP contribution in [0.3, 0.4) is 0 Å². The molecular formula is C22H20N2O3. The number of amides is 1. The molecule has 1 heterocycles. The summed E-state index contributed by atoms with van der Waals surface area (Å²) in [5, 5.41) is 8.79. The van der Waals surface area contributed by atoms with Crippen molar-refractivity contribution >= 4 is 17.8 Å². The molecule has 5 heteroatoms. The molecule has 0 spiro atoms. The lowest BCUT2D eigenvalue weighted by Gasteiger charge is -2.15. The molecule has 27 heavy (non-hydrogen) atoms.